The molecular weight excluding hydrogens is 336 g/mol. The zero-order valence-corrected chi connectivity index (χ0v) is 15.6. The molecule has 25 heavy (non-hydrogen) atoms. The van der Waals surface area contributed by atoms with Gasteiger partial charge >= 0.3 is 0 Å². The van der Waals surface area contributed by atoms with Crippen molar-refractivity contribution in [3.05, 3.63) is 64.7 Å². The van der Waals surface area contributed by atoms with Gasteiger partial charge in [0.25, 0.3) is 0 Å². The highest BCUT2D eigenvalue weighted by atomic mass is 35.5. The Morgan fingerprint density at radius 2 is 1.84 bits per heavy atom. The summed E-state index contributed by atoms with van der Waals surface area (Å²) < 4.78 is 5.19. The molecule has 0 fully saturated rings. The van der Waals surface area contributed by atoms with Crippen molar-refractivity contribution in [1.29, 1.82) is 0 Å². The molecule has 2 N–H and O–H groups in total. The molecule has 0 heterocycles. The Morgan fingerprint density at radius 3 is 2.44 bits per heavy atom. The van der Waals surface area contributed by atoms with Crippen molar-refractivity contribution in [1.82, 2.24) is 10.6 Å². The molecule has 0 aliphatic heterocycles. The van der Waals surface area contributed by atoms with Gasteiger partial charge in [-0.25, -0.2) is 0 Å². The van der Waals surface area contributed by atoms with Crippen molar-refractivity contribution in [3.8, 4) is 5.75 Å². The van der Waals surface area contributed by atoms with Gasteiger partial charge in [-0.1, -0.05) is 48.9 Å². The Hall–Kier alpha value is -2.04. The minimum atomic E-state index is -0.311. The molecule has 0 radical (unpaired) electrons. The van der Waals surface area contributed by atoms with Crippen LogP contribution in [0.3, 0.4) is 0 Å². The van der Waals surface area contributed by atoms with E-state index in [1.807, 2.05) is 55.5 Å². The molecule has 2 aromatic carbocycles. The highest BCUT2D eigenvalue weighted by Gasteiger charge is 2.18. The normalized spacial score (nSPS) is 13.1. The van der Waals surface area contributed by atoms with Gasteiger partial charge in [0.2, 0.25) is 5.91 Å². The summed E-state index contributed by atoms with van der Waals surface area (Å²) >= 11 is 6.12. The van der Waals surface area contributed by atoms with Gasteiger partial charge in [-0.05, 0) is 42.7 Å². The van der Waals surface area contributed by atoms with Gasteiger partial charge in [0.05, 0.1) is 13.2 Å². The Morgan fingerprint density at radius 1 is 1.16 bits per heavy atom. The first kappa shape index (κ1) is 19.3. The minimum absolute atomic E-state index is 0.0492. The van der Waals surface area contributed by atoms with Crippen molar-refractivity contribution < 1.29 is 9.53 Å². The van der Waals surface area contributed by atoms with Crippen LogP contribution in [-0.2, 0) is 11.3 Å². The summed E-state index contributed by atoms with van der Waals surface area (Å²) in [5, 5.41) is 6.98. The van der Waals surface area contributed by atoms with Crippen LogP contribution in [0.4, 0.5) is 0 Å². The minimum Gasteiger partial charge on any atom is -0.497 e. The molecule has 2 unspecified atom stereocenters. The second kappa shape index (κ2) is 9.44. The van der Waals surface area contributed by atoms with Gasteiger partial charge < -0.3 is 10.1 Å². The molecule has 0 aliphatic carbocycles. The Bertz CT molecular complexity index is 688. The largest absolute Gasteiger partial charge is 0.497 e. The van der Waals surface area contributed by atoms with Crippen LogP contribution in [0.15, 0.2) is 48.5 Å². The van der Waals surface area contributed by atoms with Crippen LogP contribution in [0.1, 0.15) is 37.4 Å². The molecule has 0 saturated carbocycles. The third kappa shape index (κ3) is 5.48. The maximum absolute atomic E-state index is 12.4. The number of carbonyl (C=O) groups is 1. The second-order valence-corrected chi connectivity index (χ2v) is 6.34. The molecule has 5 heteroatoms. The number of hydrogen-bond acceptors (Lipinski definition) is 3. The van der Waals surface area contributed by atoms with Crippen LogP contribution in [0, 0.1) is 0 Å². The summed E-state index contributed by atoms with van der Waals surface area (Å²) in [7, 11) is 1.65. The van der Waals surface area contributed by atoms with Gasteiger partial charge in [-0.2, -0.15) is 0 Å². The third-order valence-electron chi connectivity index (χ3n) is 4.18. The molecule has 0 saturated heterocycles. The van der Waals surface area contributed by atoms with Crippen LogP contribution < -0.4 is 15.4 Å². The van der Waals surface area contributed by atoms with E-state index in [1.165, 1.54) is 0 Å². The average Bonchev–Trinajstić information content (AvgIpc) is 2.65. The van der Waals surface area contributed by atoms with Crippen LogP contribution in [0.5, 0.6) is 5.75 Å². The van der Waals surface area contributed by atoms with Crippen molar-refractivity contribution >= 4 is 17.5 Å². The number of halogens is 1. The van der Waals surface area contributed by atoms with E-state index in [4.69, 9.17) is 16.3 Å². The predicted molar refractivity (Wildman–Crippen MR) is 102 cm³/mol. The summed E-state index contributed by atoms with van der Waals surface area (Å²) in [4.78, 5) is 12.4. The van der Waals surface area contributed by atoms with E-state index in [0.29, 0.717) is 11.6 Å². The van der Waals surface area contributed by atoms with E-state index in [2.05, 4.69) is 17.6 Å². The molecule has 0 spiro atoms. The van der Waals surface area contributed by atoms with E-state index in [9.17, 15) is 4.79 Å². The Kier molecular flexibility index (Phi) is 7.29. The standard InChI is InChI=1S/C20H25ClN2O2/c1-4-19(15-9-11-17(25-3)12-10-15)23-14(2)20(24)22-13-16-7-5-6-8-18(16)21/h5-12,14,19,23H,4,13H2,1-3H3,(H,22,24). The van der Waals surface area contributed by atoms with Crippen molar-refractivity contribution in [2.75, 3.05) is 7.11 Å². The van der Waals surface area contributed by atoms with Crippen LogP contribution in [0.25, 0.3) is 0 Å². The van der Waals surface area contributed by atoms with E-state index in [-0.39, 0.29) is 18.0 Å². The molecule has 2 atom stereocenters. The molecule has 1 amide bonds. The molecule has 2 rings (SSSR count). The third-order valence-corrected chi connectivity index (χ3v) is 4.55. The average molecular weight is 361 g/mol. The van der Waals surface area contributed by atoms with Crippen LogP contribution in [0.2, 0.25) is 5.02 Å². The summed E-state index contributed by atoms with van der Waals surface area (Å²) in [5.74, 6) is 0.774. The first-order chi connectivity index (χ1) is 12.0. The summed E-state index contributed by atoms with van der Waals surface area (Å²) in [6, 6.07) is 15.2. The number of carbonyl (C=O) groups excluding carboxylic acids is 1. The van der Waals surface area contributed by atoms with Gasteiger partial charge in [0, 0.05) is 17.6 Å². The highest BCUT2D eigenvalue weighted by Crippen LogP contribution is 2.20. The van der Waals surface area contributed by atoms with Crippen molar-refractivity contribution in [2.45, 2.75) is 38.9 Å². The first-order valence-corrected chi connectivity index (χ1v) is 8.84. The van der Waals surface area contributed by atoms with E-state index < -0.39 is 0 Å². The fourth-order valence-electron chi connectivity index (χ4n) is 2.64. The highest BCUT2D eigenvalue weighted by molar-refractivity contribution is 6.31. The van der Waals surface area contributed by atoms with Crippen LogP contribution >= 0.6 is 11.6 Å². The molecule has 0 aromatic heterocycles. The Balaban J connectivity index is 1.92. The van der Waals surface area contributed by atoms with Crippen molar-refractivity contribution in [2.24, 2.45) is 0 Å². The van der Waals surface area contributed by atoms with Gasteiger partial charge in [0.15, 0.2) is 0 Å². The van der Waals surface area contributed by atoms with Gasteiger partial charge in [0.1, 0.15) is 5.75 Å². The second-order valence-electron chi connectivity index (χ2n) is 5.93. The lowest BCUT2D eigenvalue weighted by atomic mass is 10.0. The monoisotopic (exact) mass is 360 g/mol. The molecule has 2 aromatic rings. The predicted octanol–water partition coefficient (Wildman–Crippen LogP) is 4.09. The molecular formula is C20H25ClN2O2. The topological polar surface area (TPSA) is 50.4 Å². The fraction of sp³-hybridized carbons (Fsp3) is 0.350. The quantitative estimate of drug-likeness (QED) is 0.745. The lowest BCUT2D eigenvalue weighted by Gasteiger charge is -2.22. The van der Waals surface area contributed by atoms with Crippen LogP contribution in [-0.4, -0.2) is 19.1 Å². The number of nitrogens with one attached hydrogen (secondary N) is 2. The summed E-state index contributed by atoms with van der Waals surface area (Å²) in [5.41, 5.74) is 2.04. The maximum Gasteiger partial charge on any atom is 0.237 e. The van der Waals surface area contributed by atoms with E-state index in [0.717, 1.165) is 23.3 Å². The molecule has 4 nitrogen and oxygen atoms in total. The van der Waals surface area contributed by atoms with Gasteiger partial charge in [-0.15, -0.1) is 0 Å². The zero-order valence-electron chi connectivity index (χ0n) is 14.9. The number of benzene rings is 2. The van der Waals surface area contributed by atoms with E-state index in [1.54, 1.807) is 7.11 Å². The number of rotatable bonds is 8. The number of methoxy groups -OCH3 is 1. The lowest BCUT2D eigenvalue weighted by Crippen LogP contribution is -2.43. The molecule has 0 aliphatic rings. The smallest absolute Gasteiger partial charge is 0.237 e. The Labute approximate surface area is 154 Å². The zero-order chi connectivity index (χ0) is 18.2. The van der Waals surface area contributed by atoms with Gasteiger partial charge in [-0.3, -0.25) is 10.1 Å². The fourth-order valence-corrected chi connectivity index (χ4v) is 2.84. The van der Waals surface area contributed by atoms with E-state index >= 15 is 0 Å². The SMILES string of the molecule is CCC(NC(C)C(=O)NCc1ccccc1Cl)c1ccc(OC)cc1. The molecule has 0 bridgehead atoms. The molecule has 134 valence electrons. The maximum atomic E-state index is 12.4. The summed E-state index contributed by atoms with van der Waals surface area (Å²) in [6.07, 6.45) is 0.883. The number of amides is 1. The number of hydrogen-bond donors (Lipinski definition) is 2. The first-order valence-electron chi connectivity index (χ1n) is 8.46. The lowest BCUT2D eigenvalue weighted by molar-refractivity contribution is -0.123. The van der Waals surface area contributed by atoms with Crippen molar-refractivity contribution in [3.63, 3.8) is 0 Å². The summed E-state index contributed by atoms with van der Waals surface area (Å²) in [6.45, 7) is 4.38. The number of ether oxygens (including phenoxy) is 1.